The second kappa shape index (κ2) is 13.1. The molecule has 0 unspecified atom stereocenters. The van der Waals surface area contributed by atoms with Crippen molar-refractivity contribution in [3.63, 3.8) is 0 Å². The molecule has 0 bridgehead atoms. The summed E-state index contributed by atoms with van der Waals surface area (Å²) in [4.78, 5) is 4.41. The van der Waals surface area contributed by atoms with E-state index >= 15 is 0 Å². The Morgan fingerprint density at radius 2 is 1.17 bits per heavy atom. The second-order valence-electron chi connectivity index (χ2n) is 9.95. The van der Waals surface area contributed by atoms with Crippen molar-refractivity contribution in [2.24, 2.45) is 0 Å². The number of halogens is 2. The highest BCUT2D eigenvalue weighted by atomic mass is 32.2. The number of rotatable bonds is 8. The van der Waals surface area contributed by atoms with E-state index in [-0.39, 0.29) is 13.2 Å². The Balaban J connectivity index is 0.000000205. The summed E-state index contributed by atoms with van der Waals surface area (Å²) < 4.78 is 54.6. The fraction of sp³-hybridized carbons (Fsp3) is 0.556. The summed E-state index contributed by atoms with van der Waals surface area (Å²) in [5.74, 6) is 0. The zero-order valence-electron chi connectivity index (χ0n) is 21.0. The van der Waals surface area contributed by atoms with Crippen LogP contribution in [0.3, 0.4) is 0 Å². The van der Waals surface area contributed by atoms with Crippen LogP contribution in [0.2, 0.25) is 0 Å². The zero-order chi connectivity index (χ0) is 26.1. The molecule has 2 aromatic carbocycles. The van der Waals surface area contributed by atoms with Crippen molar-refractivity contribution in [3.05, 3.63) is 71.8 Å². The number of piperidine rings is 2. The number of likely N-dealkylation sites (tertiary alicyclic amines) is 2. The average molecular weight is 525 g/mol. The van der Waals surface area contributed by atoms with Gasteiger partial charge in [0.05, 0.1) is 12.9 Å². The van der Waals surface area contributed by atoms with Crippen molar-refractivity contribution in [2.45, 2.75) is 50.1 Å². The maximum Gasteiger partial charge on any atom is 0.264 e. The maximum absolute atomic E-state index is 14.4. The van der Waals surface area contributed by atoms with Crippen LogP contribution in [0.15, 0.2) is 60.7 Å². The van der Waals surface area contributed by atoms with E-state index in [1.54, 1.807) is 0 Å². The van der Waals surface area contributed by atoms with Crippen LogP contribution in [-0.2, 0) is 27.4 Å². The van der Waals surface area contributed by atoms with Crippen molar-refractivity contribution in [3.8, 4) is 0 Å². The molecular weight excluding hydrogens is 486 g/mol. The molecule has 2 fully saturated rings. The summed E-state index contributed by atoms with van der Waals surface area (Å²) in [6.07, 6.45) is 2.43. The van der Waals surface area contributed by atoms with Gasteiger partial charge in [-0.2, -0.15) is 8.42 Å². The van der Waals surface area contributed by atoms with Crippen LogP contribution in [0.5, 0.6) is 0 Å². The largest absolute Gasteiger partial charge is 0.393 e. The number of aliphatic hydroxyl groups is 1. The van der Waals surface area contributed by atoms with Gasteiger partial charge in [0.15, 0.2) is 0 Å². The van der Waals surface area contributed by atoms with E-state index in [2.05, 4.69) is 26.1 Å². The minimum atomic E-state index is -3.58. The predicted molar refractivity (Wildman–Crippen MR) is 137 cm³/mol. The third-order valence-electron chi connectivity index (χ3n) is 6.82. The molecule has 0 saturated carbocycles. The van der Waals surface area contributed by atoms with Gasteiger partial charge in [0.25, 0.3) is 10.1 Å². The number of hydrogen-bond donors (Lipinski definition) is 1. The lowest BCUT2D eigenvalue weighted by molar-refractivity contribution is 0.00674. The van der Waals surface area contributed by atoms with E-state index in [4.69, 9.17) is 5.11 Å². The van der Waals surface area contributed by atoms with E-state index in [0.717, 1.165) is 32.4 Å². The van der Waals surface area contributed by atoms with Crippen LogP contribution in [0.1, 0.15) is 36.8 Å². The van der Waals surface area contributed by atoms with Crippen LogP contribution in [0.25, 0.3) is 0 Å². The summed E-state index contributed by atoms with van der Waals surface area (Å²) in [7, 11) is -3.58. The van der Waals surface area contributed by atoms with Crippen molar-refractivity contribution in [2.75, 3.05) is 45.6 Å². The standard InChI is InChI=1S/C14H20FNO3S.C13H18FNO/c1-20(17,18)19-12-14(15)7-9-16(10-8-14)11-13-5-3-2-4-6-13;14-13(11-16)6-8-15(9-7-13)10-12-4-2-1-3-5-12/h2-6H,7-12H2,1H3;1-5,16H,6-11H2. The smallest absolute Gasteiger partial charge is 0.264 e. The minimum absolute atomic E-state index is 0.301. The van der Waals surface area contributed by atoms with Crippen LogP contribution in [0, 0.1) is 0 Å². The van der Waals surface area contributed by atoms with Gasteiger partial charge in [0, 0.05) is 39.3 Å². The third kappa shape index (κ3) is 9.86. The third-order valence-corrected chi connectivity index (χ3v) is 7.36. The van der Waals surface area contributed by atoms with Crippen LogP contribution in [0.4, 0.5) is 8.78 Å². The van der Waals surface area contributed by atoms with Crippen molar-refractivity contribution < 1.29 is 26.5 Å². The van der Waals surface area contributed by atoms with Gasteiger partial charge in [-0.1, -0.05) is 60.7 Å². The lowest BCUT2D eigenvalue weighted by Gasteiger charge is -2.35. The van der Waals surface area contributed by atoms with Crippen LogP contribution in [-0.4, -0.2) is 80.3 Å². The lowest BCUT2D eigenvalue weighted by Crippen LogP contribution is -2.44. The van der Waals surface area contributed by atoms with Crippen LogP contribution >= 0.6 is 0 Å². The molecule has 2 aliphatic rings. The number of hydrogen-bond acceptors (Lipinski definition) is 6. The number of alkyl halides is 2. The van der Waals surface area contributed by atoms with Crippen LogP contribution < -0.4 is 0 Å². The molecule has 6 nitrogen and oxygen atoms in total. The highest BCUT2D eigenvalue weighted by Gasteiger charge is 2.36. The Morgan fingerprint density at radius 1 is 0.778 bits per heavy atom. The minimum Gasteiger partial charge on any atom is -0.393 e. The van der Waals surface area contributed by atoms with Gasteiger partial charge in [-0.25, -0.2) is 8.78 Å². The molecule has 36 heavy (non-hydrogen) atoms. The Bertz CT molecular complexity index is 1010. The molecule has 0 amide bonds. The second-order valence-corrected chi connectivity index (χ2v) is 11.6. The molecule has 4 rings (SSSR count). The first-order valence-corrected chi connectivity index (χ1v) is 14.3. The molecule has 9 heteroatoms. The Morgan fingerprint density at radius 3 is 1.53 bits per heavy atom. The van der Waals surface area contributed by atoms with Crippen molar-refractivity contribution in [1.29, 1.82) is 0 Å². The molecule has 1 N–H and O–H groups in total. The predicted octanol–water partition coefficient (Wildman–Crippen LogP) is 3.95. The summed E-state index contributed by atoms with van der Waals surface area (Å²) >= 11 is 0. The molecular formula is C27H38F2N2O4S. The molecule has 0 aromatic heterocycles. The first kappa shape index (κ1) is 28.7. The molecule has 0 spiro atoms. The van der Waals surface area contributed by atoms with Gasteiger partial charge in [0.1, 0.15) is 17.9 Å². The van der Waals surface area contributed by atoms with E-state index in [9.17, 15) is 17.2 Å². The van der Waals surface area contributed by atoms with Gasteiger partial charge in [-0.3, -0.25) is 14.0 Å². The zero-order valence-corrected chi connectivity index (χ0v) is 21.8. The Labute approximate surface area is 214 Å². The van der Waals surface area contributed by atoms with E-state index < -0.39 is 21.5 Å². The molecule has 200 valence electrons. The Hall–Kier alpha value is -1.91. The average Bonchev–Trinajstić information content (AvgIpc) is 2.87. The summed E-state index contributed by atoms with van der Waals surface area (Å²) in [5, 5.41) is 8.93. The molecule has 2 heterocycles. The lowest BCUT2D eigenvalue weighted by atomic mass is 9.94. The van der Waals surface area contributed by atoms with Gasteiger partial charge >= 0.3 is 0 Å². The molecule has 0 radical (unpaired) electrons. The highest BCUT2D eigenvalue weighted by molar-refractivity contribution is 7.85. The Kier molecular flexibility index (Phi) is 10.4. The normalized spacial score (nSPS) is 20.3. The van der Waals surface area contributed by atoms with Gasteiger partial charge in [-0.15, -0.1) is 0 Å². The number of nitrogens with zero attached hydrogens (tertiary/aromatic N) is 2. The summed E-state index contributed by atoms with van der Waals surface area (Å²) in [6, 6.07) is 20.2. The van der Waals surface area contributed by atoms with Gasteiger partial charge in [0.2, 0.25) is 0 Å². The monoisotopic (exact) mass is 524 g/mol. The van der Waals surface area contributed by atoms with E-state index in [1.165, 1.54) is 11.1 Å². The summed E-state index contributed by atoms with van der Waals surface area (Å²) in [5.41, 5.74) is -0.409. The van der Waals surface area contributed by atoms with Crippen molar-refractivity contribution in [1.82, 2.24) is 9.80 Å². The SMILES string of the molecule is CS(=O)(=O)OCC1(F)CCN(Cc2ccccc2)CC1.OCC1(F)CCN(Cc2ccccc2)CC1. The number of aliphatic hydroxyl groups excluding tert-OH is 1. The topological polar surface area (TPSA) is 70.1 Å². The highest BCUT2D eigenvalue weighted by Crippen LogP contribution is 2.28. The van der Waals surface area contributed by atoms with Gasteiger partial charge in [-0.05, 0) is 36.8 Å². The fourth-order valence-electron chi connectivity index (χ4n) is 4.42. The van der Waals surface area contributed by atoms with E-state index in [1.807, 2.05) is 48.5 Å². The molecule has 0 atom stereocenters. The summed E-state index contributed by atoms with van der Waals surface area (Å²) in [6.45, 7) is 3.64. The molecule has 2 saturated heterocycles. The number of benzene rings is 2. The van der Waals surface area contributed by atoms with Gasteiger partial charge < -0.3 is 5.11 Å². The molecule has 2 aromatic rings. The first-order valence-electron chi connectivity index (χ1n) is 12.4. The first-order chi connectivity index (χ1) is 17.1. The molecule has 0 aliphatic carbocycles. The maximum atomic E-state index is 14.4. The van der Waals surface area contributed by atoms with Crippen molar-refractivity contribution >= 4 is 10.1 Å². The quantitative estimate of drug-likeness (QED) is 0.528. The van der Waals surface area contributed by atoms with E-state index in [0.29, 0.717) is 38.8 Å². The fourth-order valence-corrected chi connectivity index (χ4v) is 4.85. The molecule has 2 aliphatic heterocycles.